The summed E-state index contributed by atoms with van der Waals surface area (Å²) < 4.78 is 0. The highest BCUT2D eigenvalue weighted by Gasteiger charge is 2.03. The maximum absolute atomic E-state index is 11.6. The average molecular weight is 248 g/mol. The summed E-state index contributed by atoms with van der Waals surface area (Å²) in [5.41, 5.74) is 2.51. The summed E-state index contributed by atoms with van der Waals surface area (Å²) in [4.78, 5) is 11.6. The molecule has 1 rings (SSSR count). The number of amides is 1. The fourth-order valence-electron chi connectivity index (χ4n) is 1.79. The number of carbonyl (C=O) groups excluding carboxylic acids is 1. The molecule has 3 heteroatoms. The molecule has 0 aromatic heterocycles. The van der Waals surface area contributed by atoms with Gasteiger partial charge < -0.3 is 10.6 Å². The molecule has 1 aromatic carbocycles. The van der Waals surface area contributed by atoms with Gasteiger partial charge in [-0.15, -0.1) is 0 Å². The number of nitrogens with one attached hydrogen (secondary N) is 2. The highest BCUT2D eigenvalue weighted by molar-refractivity contribution is 5.76. The number of rotatable bonds is 7. The summed E-state index contributed by atoms with van der Waals surface area (Å²) in [6.07, 6.45) is 1.38. The Morgan fingerprint density at radius 2 is 1.94 bits per heavy atom. The van der Waals surface area contributed by atoms with E-state index in [-0.39, 0.29) is 5.91 Å². The van der Waals surface area contributed by atoms with E-state index in [4.69, 9.17) is 0 Å². The van der Waals surface area contributed by atoms with E-state index in [1.807, 2.05) is 12.1 Å². The van der Waals surface area contributed by atoms with E-state index in [1.165, 1.54) is 11.1 Å². The zero-order valence-electron chi connectivity index (χ0n) is 11.6. The molecule has 0 bridgehead atoms. The Hall–Kier alpha value is -1.35. The molecule has 18 heavy (non-hydrogen) atoms. The summed E-state index contributed by atoms with van der Waals surface area (Å²) >= 11 is 0. The molecule has 0 saturated heterocycles. The zero-order valence-corrected chi connectivity index (χ0v) is 11.6. The van der Waals surface area contributed by atoms with Gasteiger partial charge in [-0.1, -0.05) is 38.1 Å². The van der Waals surface area contributed by atoms with Crippen molar-refractivity contribution in [2.45, 2.75) is 39.7 Å². The van der Waals surface area contributed by atoms with Crippen LogP contribution >= 0.6 is 0 Å². The third kappa shape index (κ3) is 5.82. The highest BCUT2D eigenvalue weighted by Crippen LogP contribution is 2.09. The Morgan fingerprint density at radius 3 is 2.61 bits per heavy atom. The van der Waals surface area contributed by atoms with Crippen molar-refractivity contribution in [1.82, 2.24) is 10.6 Å². The SMILES string of the molecule is Cc1ccccc1CCC(=O)NCCNC(C)C. The van der Waals surface area contributed by atoms with E-state index in [0.717, 1.165) is 13.0 Å². The highest BCUT2D eigenvalue weighted by atomic mass is 16.1. The first-order valence-electron chi connectivity index (χ1n) is 6.64. The molecule has 0 fully saturated rings. The van der Waals surface area contributed by atoms with Gasteiger partial charge in [-0.2, -0.15) is 0 Å². The van der Waals surface area contributed by atoms with Gasteiger partial charge in [0, 0.05) is 25.6 Å². The molecule has 3 nitrogen and oxygen atoms in total. The number of carbonyl (C=O) groups is 1. The van der Waals surface area contributed by atoms with Crippen molar-refractivity contribution in [3.8, 4) is 0 Å². The molecule has 0 aliphatic heterocycles. The van der Waals surface area contributed by atoms with E-state index < -0.39 is 0 Å². The Kier molecular flexibility index (Phi) is 6.44. The van der Waals surface area contributed by atoms with Crippen LogP contribution in [0.1, 0.15) is 31.4 Å². The number of hydrogen-bond donors (Lipinski definition) is 2. The van der Waals surface area contributed by atoms with Crippen LogP contribution in [0.2, 0.25) is 0 Å². The smallest absolute Gasteiger partial charge is 0.220 e. The number of hydrogen-bond acceptors (Lipinski definition) is 2. The van der Waals surface area contributed by atoms with Crippen LogP contribution in [0.5, 0.6) is 0 Å². The van der Waals surface area contributed by atoms with Crippen molar-refractivity contribution in [1.29, 1.82) is 0 Å². The van der Waals surface area contributed by atoms with Gasteiger partial charge in [0.05, 0.1) is 0 Å². The minimum absolute atomic E-state index is 0.129. The van der Waals surface area contributed by atoms with Gasteiger partial charge >= 0.3 is 0 Å². The molecule has 0 unspecified atom stereocenters. The van der Waals surface area contributed by atoms with Gasteiger partial charge in [0.1, 0.15) is 0 Å². The Morgan fingerprint density at radius 1 is 1.22 bits per heavy atom. The molecule has 0 heterocycles. The molecule has 0 spiro atoms. The molecule has 100 valence electrons. The van der Waals surface area contributed by atoms with Gasteiger partial charge in [-0.05, 0) is 24.5 Å². The molecule has 2 N–H and O–H groups in total. The van der Waals surface area contributed by atoms with E-state index >= 15 is 0 Å². The second-order valence-corrected chi connectivity index (χ2v) is 4.89. The van der Waals surface area contributed by atoms with Crippen molar-refractivity contribution in [2.75, 3.05) is 13.1 Å². The average Bonchev–Trinajstić information content (AvgIpc) is 2.33. The second-order valence-electron chi connectivity index (χ2n) is 4.89. The Labute approximate surface area is 110 Å². The predicted molar refractivity (Wildman–Crippen MR) is 75.6 cm³/mol. The lowest BCUT2D eigenvalue weighted by molar-refractivity contribution is -0.121. The fourth-order valence-corrected chi connectivity index (χ4v) is 1.79. The van der Waals surface area contributed by atoms with Crippen molar-refractivity contribution in [3.63, 3.8) is 0 Å². The lowest BCUT2D eigenvalue weighted by Crippen LogP contribution is -2.34. The number of benzene rings is 1. The van der Waals surface area contributed by atoms with Crippen LogP contribution in [0.3, 0.4) is 0 Å². The third-order valence-corrected chi connectivity index (χ3v) is 2.88. The fraction of sp³-hybridized carbons (Fsp3) is 0.533. The first kappa shape index (κ1) is 14.7. The number of aryl methyl sites for hydroxylation is 2. The minimum Gasteiger partial charge on any atom is -0.355 e. The normalized spacial score (nSPS) is 10.7. The lowest BCUT2D eigenvalue weighted by Gasteiger charge is -2.09. The van der Waals surface area contributed by atoms with Gasteiger partial charge in [0.2, 0.25) is 5.91 Å². The molecule has 1 amide bonds. The van der Waals surface area contributed by atoms with Crippen molar-refractivity contribution >= 4 is 5.91 Å². The molecular weight excluding hydrogens is 224 g/mol. The summed E-state index contributed by atoms with van der Waals surface area (Å²) in [5, 5.41) is 6.20. The molecule has 0 saturated carbocycles. The summed E-state index contributed by atoms with van der Waals surface area (Å²) in [5.74, 6) is 0.129. The predicted octanol–water partition coefficient (Wildman–Crippen LogP) is 2.04. The monoisotopic (exact) mass is 248 g/mol. The van der Waals surface area contributed by atoms with E-state index in [2.05, 4.69) is 43.5 Å². The van der Waals surface area contributed by atoms with E-state index in [1.54, 1.807) is 0 Å². The first-order valence-corrected chi connectivity index (χ1v) is 6.64. The minimum atomic E-state index is 0.129. The van der Waals surface area contributed by atoms with Crippen LogP contribution in [0, 0.1) is 6.92 Å². The zero-order chi connectivity index (χ0) is 13.4. The quantitative estimate of drug-likeness (QED) is 0.725. The van der Waals surface area contributed by atoms with E-state index in [0.29, 0.717) is 19.0 Å². The van der Waals surface area contributed by atoms with Crippen molar-refractivity contribution in [2.24, 2.45) is 0 Å². The van der Waals surface area contributed by atoms with Gasteiger partial charge in [-0.25, -0.2) is 0 Å². The molecule has 1 aromatic rings. The molecule has 0 aliphatic carbocycles. The summed E-state index contributed by atoms with van der Waals surface area (Å²) in [7, 11) is 0. The maximum atomic E-state index is 11.6. The standard InChI is InChI=1S/C15H24N2O/c1-12(2)16-10-11-17-15(18)9-8-14-7-5-4-6-13(14)3/h4-7,12,16H,8-11H2,1-3H3,(H,17,18). The lowest BCUT2D eigenvalue weighted by atomic mass is 10.0. The van der Waals surface area contributed by atoms with Gasteiger partial charge in [-0.3, -0.25) is 4.79 Å². The Bertz CT molecular complexity index is 375. The van der Waals surface area contributed by atoms with Gasteiger partial charge in [0.25, 0.3) is 0 Å². The maximum Gasteiger partial charge on any atom is 0.220 e. The van der Waals surface area contributed by atoms with Crippen LogP contribution in [-0.4, -0.2) is 25.0 Å². The topological polar surface area (TPSA) is 41.1 Å². The van der Waals surface area contributed by atoms with Crippen LogP contribution in [0.4, 0.5) is 0 Å². The van der Waals surface area contributed by atoms with Crippen LogP contribution in [0.15, 0.2) is 24.3 Å². The molecule has 0 atom stereocenters. The first-order chi connectivity index (χ1) is 8.59. The van der Waals surface area contributed by atoms with Crippen molar-refractivity contribution in [3.05, 3.63) is 35.4 Å². The molecule has 0 radical (unpaired) electrons. The summed E-state index contributed by atoms with van der Waals surface area (Å²) in [6.45, 7) is 7.80. The third-order valence-electron chi connectivity index (χ3n) is 2.88. The van der Waals surface area contributed by atoms with Gasteiger partial charge in [0.15, 0.2) is 0 Å². The van der Waals surface area contributed by atoms with Crippen LogP contribution in [0.25, 0.3) is 0 Å². The summed E-state index contributed by atoms with van der Waals surface area (Å²) in [6, 6.07) is 8.68. The largest absolute Gasteiger partial charge is 0.355 e. The van der Waals surface area contributed by atoms with Crippen LogP contribution < -0.4 is 10.6 Å². The van der Waals surface area contributed by atoms with E-state index in [9.17, 15) is 4.79 Å². The molecule has 0 aliphatic rings. The Balaban J connectivity index is 2.19. The van der Waals surface area contributed by atoms with Crippen molar-refractivity contribution < 1.29 is 4.79 Å². The van der Waals surface area contributed by atoms with Crippen LogP contribution in [-0.2, 0) is 11.2 Å². The second kappa shape index (κ2) is 7.88. The molecular formula is C15H24N2O.